The first-order chi connectivity index (χ1) is 32.9. The second-order valence-electron chi connectivity index (χ2n) is 16.4. The van der Waals surface area contributed by atoms with E-state index in [1.807, 2.05) is 165 Å². The number of nitrogens with zero attached hydrogens (tertiary/aromatic N) is 7. The molecule has 6 aliphatic rings. The summed E-state index contributed by atoms with van der Waals surface area (Å²) < 4.78 is 5.48. The highest BCUT2D eigenvalue weighted by Crippen LogP contribution is 2.37. The van der Waals surface area contributed by atoms with Crippen molar-refractivity contribution in [3.8, 4) is 0 Å². The molecule has 0 aromatic carbocycles. The van der Waals surface area contributed by atoms with Crippen LogP contribution in [-0.4, -0.2) is 72.9 Å². The van der Waals surface area contributed by atoms with Gasteiger partial charge in [-0.25, -0.2) is 28.7 Å². The highest BCUT2D eigenvalue weighted by atomic mass is 16.4. The molecule has 8 bridgehead atoms. The number of aliphatic imine (C=N–C) groups is 3. The summed E-state index contributed by atoms with van der Waals surface area (Å²) in [6.45, 7) is 1.21. The van der Waals surface area contributed by atoms with E-state index < -0.39 is 23.9 Å². The van der Waals surface area contributed by atoms with Crippen molar-refractivity contribution >= 4 is 57.7 Å². The van der Waals surface area contributed by atoms with Crippen LogP contribution in [0.3, 0.4) is 0 Å². The van der Waals surface area contributed by atoms with Crippen LogP contribution in [0.15, 0.2) is 201 Å². The molecule has 0 radical (unpaired) electrons. The Balaban J connectivity index is 1.24. The molecule has 0 saturated heterocycles. The van der Waals surface area contributed by atoms with E-state index in [0.29, 0.717) is 60.4 Å². The first-order valence-electron chi connectivity index (χ1n) is 22.0. The molecule has 3 aromatic heterocycles. The lowest BCUT2D eigenvalue weighted by Crippen LogP contribution is -2.78. The normalized spacial score (nSPS) is 17.0. The van der Waals surface area contributed by atoms with Crippen molar-refractivity contribution in [2.45, 2.75) is 45.3 Å². The van der Waals surface area contributed by atoms with Gasteiger partial charge >= 0.3 is 23.9 Å². The molecule has 6 aliphatic heterocycles. The van der Waals surface area contributed by atoms with Crippen molar-refractivity contribution in [3.05, 3.63) is 203 Å². The average Bonchev–Trinajstić information content (AvgIpc) is 4.19. The lowest BCUT2D eigenvalue weighted by Gasteiger charge is -2.19. The van der Waals surface area contributed by atoms with Gasteiger partial charge in [-0.3, -0.25) is 24.5 Å². The molecule has 0 spiro atoms. The van der Waals surface area contributed by atoms with Crippen molar-refractivity contribution in [1.29, 1.82) is 0 Å². The fourth-order valence-corrected chi connectivity index (χ4v) is 8.45. The third kappa shape index (κ3) is 9.90. The van der Waals surface area contributed by atoms with Gasteiger partial charge in [0.25, 0.3) is 0 Å². The number of carboxylic acids is 4. The smallest absolute Gasteiger partial charge is 0.309 e. The molecule has 0 aliphatic carbocycles. The van der Waals surface area contributed by atoms with E-state index in [0.717, 1.165) is 55.9 Å². The molecule has 0 fully saturated rings. The molecule has 68 heavy (non-hydrogen) atoms. The zero-order valence-corrected chi connectivity index (χ0v) is 36.6. The predicted octanol–water partition coefficient (Wildman–Crippen LogP) is 4.01. The summed E-state index contributed by atoms with van der Waals surface area (Å²) in [6.07, 6.45) is 34.4. The summed E-state index contributed by atoms with van der Waals surface area (Å²) in [6, 6.07) is 11.7. The number of nitrogens with two attached hydrogens (primary N) is 1. The molecule has 338 valence electrons. The molecular weight excluding hydrogens is 865 g/mol. The topological polar surface area (TPSA) is 218 Å². The molecule has 3 aromatic rings. The zero-order chi connectivity index (χ0) is 47.3. The highest BCUT2D eigenvalue weighted by Gasteiger charge is 2.32. The maximum Gasteiger partial charge on any atom is 0.309 e. The van der Waals surface area contributed by atoms with Gasteiger partial charge < -0.3 is 25.3 Å². The van der Waals surface area contributed by atoms with Gasteiger partial charge in [-0.1, -0.05) is 0 Å². The standard InChI is InChI=1S/C52H42N8O8/c61-45(62)17-29-57-21-9-33(10-22-57)49-37-1-2-38(53-37)50(34-11-23-58(24-12-34)30-18-46(63)64)40-5-6-42(55-40)52(36-15-27-60(28-16-36)32-20-48(67)68)44-8-7-43(56-44)51(41-4-3-39(49)54-41)35-13-25-59(26-14-35)31-19-47(65)66/h1-16,21-28H,17-20,29-32H2,(H2-3,53,54,55,56,61,62,63,64,65,66,67,68)/p+4. The van der Waals surface area contributed by atoms with E-state index in [2.05, 4.69) is 5.32 Å². The van der Waals surface area contributed by atoms with Crippen molar-refractivity contribution in [1.82, 2.24) is 4.90 Å². The number of carbonyl (C=O) groups is 4. The van der Waals surface area contributed by atoms with E-state index in [9.17, 15) is 39.6 Å². The third-order valence-corrected chi connectivity index (χ3v) is 11.8. The van der Waals surface area contributed by atoms with Gasteiger partial charge in [-0.05, 0) is 59.7 Å². The van der Waals surface area contributed by atoms with E-state index in [1.54, 1.807) is 0 Å². The highest BCUT2D eigenvalue weighted by molar-refractivity contribution is 6.36. The molecule has 16 nitrogen and oxygen atoms in total. The lowest BCUT2D eigenvalue weighted by molar-refractivity contribution is -0.696. The molecular formula is C52H46N8O8+4. The number of aryl methyl sites for hydroxylation is 3. The van der Waals surface area contributed by atoms with Crippen LogP contribution in [-0.2, 0) is 38.8 Å². The monoisotopic (exact) mass is 910 g/mol. The van der Waals surface area contributed by atoms with E-state index in [-0.39, 0.29) is 25.7 Å². The van der Waals surface area contributed by atoms with Crippen LogP contribution in [0.25, 0.3) is 16.7 Å². The zero-order valence-electron chi connectivity index (χ0n) is 36.6. The maximum atomic E-state index is 11.4. The van der Waals surface area contributed by atoms with Gasteiger partial charge in [0, 0.05) is 89.8 Å². The number of allylic oxidation sites excluding steroid dienone is 15. The Morgan fingerprint density at radius 2 is 0.809 bits per heavy atom. The molecule has 9 rings (SSSR count). The quantitative estimate of drug-likeness (QED) is 0.139. The minimum absolute atomic E-state index is 0.0238. The lowest BCUT2D eigenvalue weighted by atomic mass is 9.97. The Kier molecular flexibility index (Phi) is 12.7. The number of carboxylic acid groups (broad SMARTS) is 4. The number of aliphatic carboxylic acids is 4. The molecule has 0 unspecified atom stereocenters. The Hall–Kier alpha value is -8.76. The predicted molar refractivity (Wildman–Crippen MR) is 250 cm³/mol. The summed E-state index contributed by atoms with van der Waals surface area (Å²) in [5.74, 6) is -3.56. The summed E-state index contributed by atoms with van der Waals surface area (Å²) in [5.41, 5.74) is 12.2. The molecule has 0 saturated carbocycles. The number of hydrogen-bond acceptors (Lipinski definition) is 8. The molecule has 6 N–H and O–H groups in total. The second-order valence-corrected chi connectivity index (χ2v) is 16.4. The number of hydrogen-bond donors (Lipinski definition) is 5. The minimum atomic E-state index is -0.892. The number of pyridine rings is 3. The van der Waals surface area contributed by atoms with Crippen molar-refractivity contribution in [2.75, 3.05) is 6.54 Å². The van der Waals surface area contributed by atoms with Gasteiger partial charge in [0.15, 0.2) is 56.8 Å². The van der Waals surface area contributed by atoms with Crippen LogP contribution in [0.2, 0.25) is 0 Å². The van der Waals surface area contributed by atoms with Crippen LogP contribution >= 0.6 is 0 Å². The summed E-state index contributed by atoms with van der Waals surface area (Å²) >= 11 is 0. The Labute approximate surface area is 390 Å². The third-order valence-electron chi connectivity index (χ3n) is 11.8. The van der Waals surface area contributed by atoms with Crippen LogP contribution in [0.1, 0.15) is 42.4 Å². The summed E-state index contributed by atoms with van der Waals surface area (Å²) in [4.78, 5) is 63.4. The molecule has 0 atom stereocenters. The van der Waals surface area contributed by atoms with Gasteiger partial charge in [0.1, 0.15) is 30.7 Å². The molecule has 16 heteroatoms. The summed E-state index contributed by atoms with van der Waals surface area (Å²) in [5, 5.41) is 39.5. The SMILES string of the molecule is O=C(O)CCN1C=CC(=C2C3=NC(=C(c4cc[n+](CCC(=O)O)cc4)C4=CC=C([NH2+]4)C(c4cc[n+](CCC(=O)O)cc4)=C4C=CC(=N4)C(c4cc[n+](CCC(=O)O)cc4)=C4C=CC2=N4)C=C3)C=C1. The maximum absolute atomic E-state index is 11.4. The van der Waals surface area contributed by atoms with Gasteiger partial charge in [-0.2, -0.15) is 0 Å². The number of rotatable bonds is 15. The van der Waals surface area contributed by atoms with Crippen molar-refractivity contribution in [3.63, 3.8) is 0 Å². The number of quaternary nitrogens is 1. The van der Waals surface area contributed by atoms with Crippen LogP contribution in [0.5, 0.6) is 0 Å². The van der Waals surface area contributed by atoms with E-state index in [4.69, 9.17) is 15.0 Å². The number of aromatic nitrogens is 3. The Morgan fingerprint density at radius 3 is 1.19 bits per heavy atom. The Morgan fingerprint density at radius 1 is 0.456 bits per heavy atom. The van der Waals surface area contributed by atoms with E-state index >= 15 is 0 Å². The number of fused-ring (bicyclic) bond motifs is 5. The fourth-order valence-electron chi connectivity index (χ4n) is 8.45. The first kappa shape index (κ1) is 44.4. The minimum Gasteiger partial charge on any atom is -0.481 e. The van der Waals surface area contributed by atoms with Crippen molar-refractivity contribution in [2.24, 2.45) is 15.0 Å². The second kappa shape index (κ2) is 19.4. The average molecular weight is 911 g/mol. The van der Waals surface area contributed by atoms with Crippen LogP contribution in [0.4, 0.5) is 0 Å². The van der Waals surface area contributed by atoms with Crippen LogP contribution < -0.4 is 19.0 Å². The first-order valence-corrected chi connectivity index (χ1v) is 22.0. The fraction of sp³-hybridized carbons (Fsp3) is 0.154. The van der Waals surface area contributed by atoms with Gasteiger partial charge in [0.2, 0.25) is 0 Å². The van der Waals surface area contributed by atoms with Crippen molar-refractivity contribution < 1.29 is 58.6 Å². The van der Waals surface area contributed by atoms with Gasteiger partial charge in [0.05, 0.1) is 51.8 Å². The summed E-state index contributed by atoms with van der Waals surface area (Å²) in [7, 11) is 0. The van der Waals surface area contributed by atoms with E-state index in [1.165, 1.54) is 0 Å². The van der Waals surface area contributed by atoms with Gasteiger partial charge in [-0.15, -0.1) is 0 Å². The molecule has 9 heterocycles. The largest absolute Gasteiger partial charge is 0.481 e. The van der Waals surface area contributed by atoms with Crippen LogP contribution in [0, 0.1) is 0 Å². The molecule has 0 amide bonds. The Bertz CT molecular complexity index is 3100.